The molecule has 1 rings (SSSR count). The van der Waals surface area contributed by atoms with Crippen molar-refractivity contribution in [1.29, 1.82) is 0 Å². The van der Waals surface area contributed by atoms with E-state index in [0.717, 1.165) is 9.13 Å². The van der Waals surface area contributed by atoms with Crippen molar-refractivity contribution in [1.82, 2.24) is 0 Å². The van der Waals surface area contributed by atoms with Crippen LogP contribution in [0.2, 0.25) is 0 Å². The van der Waals surface area contributed by atoms with E-state index in [4.69, 9.17) is 4.74 Å². The second-order valence-electron chi connectivity index (χ2n) is 2.54. The molecule has 0 amide bonds. The monoisotopic (exact) mass is 303 g/mol. The molecule has 13 heavy (non-hydrogen) atoms. The summed E-state index contributed by atoms with van der Waals surface area (Å²) < 4.78 is 5.86. The Bertz CT molecular complexity index is 325. The molecule has 0 saturated heterocycles. The van der Waals surface area contributed by atoms with Gasteiger partial charge in [-0.3, -0.25) is 0 Å². The van der Waals surface area contributed by atoms with Crippen molar-refractivity contribution >= 4 is 38.8 Å². The second-order valence-corrected chi connectivity index (χ2v) is 3.99. The maximum atomic E-state index is 11.3. The topological polar surface area (TPSA) is 26.3 Å². The molecule has 0 atom stereocenters. The SMILES string of the molecule is Cc1ccc(C(=O)OC[Si])cc1I. The van der Waals surface area contributed by atoms with Crippen LogP contribution in [-0.4, -0.2) is 22.4 Å². The van der Waals surface area contributed by atoms with Gasteiger partial charge in [-0.2, -0.15) is 0 Å². The summed E-state index contributed by atoms with van der Waals surface area (Å²) in [6, 6.07) is 5.49. The lowest BCUT2D eigenvalue weighted by atomic mass is 10.1. The molecule has 0 aliphatic heterocycles. The highest BCUT2D eigenvalue weighted by molar-refractivity contribution is 14.1. The lowest BCUT2D eigenvalue weighted by molar-refractivity contribution is 0.0573. The van der Waals surface area contributed by atoms with E-state index in [1.54, 1.807) is 6.07 Å². The molecule has 0 aliphatic carbocycles. The average Bonchev–Trinajstić information content (AvgIpc) is 2.10. The molecule has 1 aromatic carbocycles. The van der Waals surface area contributed by atoms with Crippen molar-refractivity contribution < 1.29 is 9.53 Å². The standard InChI is InChI=1S/C9H8IO2Si/c1-6-2-3-7(4-8(6)10)9(11)12-5-13/h2-4H,5H2,1H3. The fourth-order valence-electron chi connectivity index (χ4n) is 0.869. The lowest BCUT2D eigenvalue weighted by Crippen LogP contribution is -2.06. The van der Waals surface area contributed by atoms with E-state index in [0.29, 0.717) is 5.56 Å². The number of halogens is 1. The predicted molar refractivity (Wildman–Crippen MR) is 59.9 cm³/mol. The first-order chi connectivity index (χ1) is 6.15. The van der Waals surface area contributed by atoms with Gasteiger partial charge in [0, 0.05) is 3.57 Å². The normalized spacial score (nSPS) is 9.77. The molecule has 0 bridgehead atoms. The minimum atomic E-state index is -0.298. The van der Waals surface area contributed by atoms with Gasteiger partial charge in [0.1, 0.15) is 0 Å². The summed E-state index contributed by atoms with van der Waals surface area (Å²) in [4.78, 5) is 11.3. The van der Waals surface area contributed by atoms with Crippen LogP contribution in [0.5, 0.6) is 0 Å². The number of benzene rings is 1. The van der Waals surface area contributed by atoms with Gasteiger partial charge < -0.3 is 4.74 Å². The number of carbonyl (C=O) groups excluding carboxylic acids is 1. The van der Waals surface area contributed by atoms with Crippen molar-refractivity contribution in [3.63, 3.8) is 0 Å². The molecule has 3 radical (unpaired) electrons. The number of aryl methyl sites for hydroxylation is 1. The van der Waals surface area contributed by atoms with E-state index in [2.05, 4.69) is 32.8 Å². The first-order valence-corrected chi connectivity index (χ1v) is 5.51. The number of ether oxygens (including phenoxy) is 1. The van der Waals surface area contributed by atoms with Gasteiger partial charge in [-0.05, 0) is 47.2 Å². The molecule has 0 heterocycles. The van der Waals surface area contributed by atoms with Crippen molar-refractivity contribution in [2.45, 2.75) is 6.92 Å². The Labute approximate surface area is 94.2 Å². The molecule has 1 aromatic rings. The summed E-state index contributed by atoms with van der Waals surface area (Å²) in [6.45, 7) is 2.00. The van der Waals surface area contributed by atoms with E-state index in [1.165, 1.54) is 0 Å². The van der Waals surface area contributed by atoms with Gasteiger partial charge in [0.25, 0.3) is 0 Å². The van der Waals surface area contributed by atoms with Crippen LogP contribution in [0.1, 0.15) is 15.9 Å². The maximum absolute atomic E-state index is 11.3. The number of hydrogen-bond donors (Lipinski definition) is 0. The van der Waals surface area contributed by atoms with Gasteiger partial charge in [0.15, 0.2) is 0 Å². The van der Waals surface area contributed by atoms with Crippen LogP contribution < -0.4 is 0 Å². The molecule has 0 saturated carbocycles. The van der Waals surface area contributed by atoms with Crippen molar-refractivity contribution in [3.8, 4) is 0 Å². The third-order valence-corrected chi connectivity index (χ3v) is 2.92. The highest BCUT2D eigenvalue weighted by Crippen LogP contribution is 2.13. The molecule has 0 fully saturated rings. The van der Waals surface area contributed by atoms with Gasteiger partial charge >= 0.3 is 5.97 Å². The van der Waals surface area contributed by atoms with Gasteiger partial charge in [0.2, 0.25) is 0 Å². The third kappa shape index (κ3) is 2.80. The van der Waals surface area contributed by atoms with Crippen LogP contribution in [0.3, 0.4) is 0 Å². The van der Waals surface area contributed by atoms with E-state index < -0.39 is 0 Å². The molecule has 0 unspecified atom stereocenters. The highest BCUT2D eigenvalue weighted by Gasteiger charge is 2.06. The molecular formula is C9H8IO2Si. The van der Waals surface area contributed by atoms with Crippen LogP contribution in [0.25, 0.3) is 0 Å². The minimum Gasteiger partial charge on any atom is -0.467 e. The predicted octanol–water partition coefficient (Wildman–Crippen LogP) is 1.88. The van der Waals surface area contributed by atoms with E-state index in [-0.39, 0.29) is 12.2 Å². The smallest absolute Gasteiger partial charge is 0.337 e. The Balaban J connectivity index is 2.90. The Morgan fingerprint density at radius 2 is 2.31 bits per heavy atom. The average molecular weight is 303 g/mol. The fourth-order valence-corrected chi connectivity index (χ4v) is 1.52. The number of carbonyl (C=O) groups is 1. The zero-order valence-electron chi connectivity index (χ0n) is 7.13. The summed E-state index contributed by atoms with van der Waals surface area (Å²) in [5.74, 6) is -0.298. The molecule has 0 N–H and O–H groups in total. The Hall–Kier alpha value is -0.363. The zero-order chi connectivity index (χ0) is 9.84. The summed E-state index contributed by atoms with van der Waals surface area (Å²) in [5.41, 5.74) is 1.75. The van der Waals surface area contributed by atoms with Crippen LogP contribution in [-0.2, 0) is 4.74 Å². The quantitative estimate of drug-likeness (QED) is 0.474. The zero-order valence-corrected chi connectivity index (χ0v) is 10.3. The summed E-state index contributed by atoms with van der Waals surface area (Å²) >= 11 is 2.19. The van der Waals surface area contributed by atoms with Crippen molar-refractivity contribution in [3.05, 3.63) is 32.9 Å². The van der Waals surface area contributed by atoms with Gasteiger partial charge in [-0.1, -0.05) is 6.07 Å². The van der Waals surface area contributed by atoms with Gasteiger partial charge in [-0.15, -0.1) is 0 Å². The highest BCUT2D eigenvalue weighted by atomic mass is 127. The van der Waals surface area contributed by atoms with Gasteiger partial charge in [-0.25, -0.2) is 4.79 Å². The van der Waals surface area contributed by atoms with E-state index in [1.807, 2.05) is 19.1 Å². The maximum Gasteiger partial charge on any atom is 0.337 e. The fraction of sp³-hybridized carbons (Fsp3) is 0.222. The lowest BCUT2D eigenvalue weighted by Gasteiger charge is -2.03. The molecule has 0 aromatic heterocycles. The minimum absolute atomic E-state index is 0.225. The largest absolute Gasteiger partial charge is 0.467 e. The molecular weight excluding hydrogens is 295 g/mol. The summed E-state index contributed by atoms with van der Waals surface area (Å²) in [7, 11) is 3.08. The van der Waals surface area contributed by atoms with Crippen LogP contribution in [0, 0.1) is 10.5 Å². The van der Waals surface area contributed by atoms with Crippen LogP contribution in [0.4, 0.5) is 0 Å². The first-order valence-electron chi connectivity index (χ1n) is 3.73. The Kier molecular flexibility index (Phi) is 3.92. The molecule has 67 valence electrons. The van der Waals surface area contributed by atoms with Crippen LogP contribution >= 0.6 is 22.6 Å². The summed E-state index contributed by atoms with van der Waals surface area (Å²) in [5, 5.41) is 0. The van der Waals surface area contributed by atoms with Gasteiger partial charge in [0.05, 0.1) is 22.0 Å². The van der Waals surface area contributed by atoms with E-state index >= 15 is 0 Å². The number of hydrogen-bond acceptors (Lipinski definition) is 2. The second kappa shape index (κ2) is 4.76. The number of rotatable bonds is 2. The molecule has 0 spiro atoms. The van der Waals surface area contributed by atoms with Crippen molar-refractivity contribution in [2.24, 2.45) is 0 Å². The van der Waals surface area contributed by atoms with Crippen LogP contribution in [0.15, 0.2) is 18.2 Å². The first kappa shape index (κ1) is 10.7. The molecule has 4 heteroatoms. The van der Waals surface area contributed by atoms with Crippen molar-refractivity contribution in [2.75, 3.05) is 6.23 Å². The number of esters is 1. The molecule has 0 aliphatic rings. The third-order valence-electron chi connectivity index (χ3n) is 1.61. The Morgan fingerprint density at radius 3 is 2.85 bits per heavy atom. The Morgan fingerprint density at radius 1 is 1.62 bits per heavy atom. The summed E-state index contributed by atoms with van der Waals surface area (Å²) in [6.07, 6.45) is 0.225. The molecule has 2 nitrogen and oxygen atoms in total. The van der Waals surface area contributed by atoms with E-state index in [9.17, 15) is 4.79 Å².